The topological polar surface area (TPSA) is 496 Å². The minimum Gasteiger partial charge on any atom is -0.480 e. The molecule has 4 aromatic carbocycles. The maximum Gasteiger partial charge on any atom is 0.327 e. The van der Waals surface area contributed by atoms with E-state index in [2.05, 4.69) is 26.6 Å². The van der Waals surface area contributed by atoms with Crippen molar-refractivity contribution in [2.45, 2.75) is 186 Å². The summed E-state index contributed by atoms with van der Waals surface area (Å²) in [7, 11) is -8.86. The van der Waals surface area contributed by atoms with Crippen molar-refractivity contribution < 1.29 is 93.3 Å². The summed E-state index contributed by atoms with van der Waals surface area (Å²) >= 11 is 4.12. The van der Waals surface area contributed by atoms with Crippen LogP contribution < -0.4 is 43.4 Å². The zero-order valence-corrected chi connectivity index (χ0v) is 66.8. The number of nitrogen functional groups attached to an aromatic ring is 1. The van der Waals surface area contributed by atoms with Gasteiger partial charge in [0.2, 0.25) is 47.3 Å². The van der Waals surface area contributed by atoms with Gasteiger partial charge in [0.25, 0.3) is 26.1 Å². The van der Waals surface area contributed by atoms with E-state index < -0.39 is 167 Å². The van der Waals surface area contributed by atoms with Crippen molar-refractivity contribution in [1.82, 2.24) is 41.3 Å². The van der Waals surface area contributed by atoms with Gasteiger partial charge in [0.05, 0.1) is 17.1 Å². The zero-order chi connectivity index (χ0) is 82.0. The van der Waals surface area contributed by atoms with Crippen LogP contribution in [0.1, 0.15) is 136 Å². The van der Waals surface area contributed by atoms with Gasteiger partial charge in [0, 0.05) is 110 Å². The number of nitrogens with two attached hydrogens (primary N) is 2. The van der Waals surface area contributed by atoms with E-state index in [1.165, 1.54) is 82.5 Å². The number of carbonyl (C=O) groups is 11. The first-order valence-corrected chi connectivity index (χ1v) is 43.5. The first-order chi connectivity index (χ1) is 53.7. The number of Topliss-reactive ketones (excluding diaryl/α,β-unsaturated/α-hetero) is 1. The summed E-state index contributed by atoms with van der Waals surface area (Å²) in [5, 5.41) is 42.4. The molecule has 0 spiro atoms. The maximum absolute atomic E-state index is 14.9. The molecule has 2 saturated heterocycles. The lowest BCUT2D eigenvalue weighted by Gasteiger charge is -2.33. The molecule has 1 aliphatic carbocycles. The van der Waals surface area contributed by atoms with Crippen molar-refractivity contribution in [2.75, 3.05) is 49.7 Å². The van der Waals surface area contributed by atoms with Crippen LogP contribution in [0.5, 0.6) is 0 Å². The molecular weight excluding hydrogens is 1560 g/mol. The number of fused-ring (bicyclic) bond motifs is 6. The van der Waals surface area contributed by atoms with Gasteiger partial charge in [-0.1, -0.05) is 86.5 Å². The number of hydrogen-bond donors (Lipinski definition) is 12. The highest BCUT2D eigenvalue weighted by atomic mass is 32.2. The fourth-order valence-electron chi connectivity index (χ4n) is 14.1. The van der Waals surface area contributed by atoms with Crippen LogP contribution in [0.2, 0.25) is 0 Å². The van der Waals surface area contributed by atoms with Crippen molar-refractivity contribution in [1.29, 1.82) is 5.41 Å². The van der Waals surface area contributed by atoms with Gasteiger partial charge >= 0.3 is 5.97 Å². The highest BCUT2D eigenvalue weighted by Crippen LogP contribution is 2.46. The lowest BCUT2D eigenvalue weighted by atomic mass is 9.90. The molecule has 4 aromatic rings. The molecule has 4 aliphatic heterocycles. The number of aliphatic carboxylic acids is 1. The molecule has 0 radical (unpaired) electrons. The van der Waals surface area contributed by atoms with Gasteiger partial charge in [-0.15, -0.1) is 0 Å². The van der Waals surface area contributed by atoms with Crippen molar-refractivity contribution in [2.24, 2.45) is 5.73 Å². The fraction of sp³-hybridized carbons (Fsp3) is 0.455. The Hall–Kier alpha value is -9.43. The Morgan fingerprint density at radius 3 is 2.01 bits per heavy atom. The minimum atomic E-state index is -5.21. The first kappa shape index (κ1) is 87.5. The van der Waals surface area contributed by atoms with Crippen molar-refractivity contribution in [3.05, 3.63) is 130 Å². The number of unbranched alkanes of at least 4 members (excludes halogenated alkanes) is 2. The summed E-state index contributed by atoms with van der Waals surface area (Å²) in [6.45, 7) is 3.61. The van der Waals surface area contributed by atoms with Crippen LogP contribution in [0.25, 0.3) is 33.4 Å². The Morgan fingerprint density at radius 2 is 1.35 bits per heavy atom. The molecule has 113 heavy (non-hydrogen) atoms. The summed E-state index contributed by atoms with van der Waals surface area (Å²) in [5.41, 5.74) is 13.6. The smallest absolute Gasteiger partial charge is 0.327 e. The van der Waals surface area contributed by atoms with Crippen LogP contribution in [0, 0.1) is 5.41 Å². The van der Waals surface area contributed by atoms with Crippen LogP contribution in [0.15, 0.2) is 111 Å². The van der Waals surface area contributed by atoms with Gasteiger partial charge in [-0.2, -0.15) is 52.1 Å². The third-order valence-electron chi connectivity index (χ3n) is 19.7. The fourth-order valence-corrected chi connectivity index (χ4v) is 18.4. The molecule has 0 unspecified atom stereocenters. The highest BCUT2D eigenvalue weighted by molar-refractivity contribution is 7.99. The molecule has 5 aliphatic rings. The van der Waals surface area contributed by atoms with Crippen molar-refractivity contribution in [3.63, 3.8) is 0 Å². The molecule has 9 rings (SSSR count). The Kier molecular flexibility index (Phi) is 31.0. The number of amides is 9. The third kappa shape index (κ3) is 23.2. The predicted octanol–water partition coefficient (Wildman–Crippen LogP) is 5.33. The molecule has 0 saturated carbocycles. The Morgan fingerprint density at radius 1 is 0.708 bits per heavy atom. The Bertz CT molecular complexity index is 4820. The average Bonchev–Trinajstić information content (AvgIpc) is 1.03. The van der Waals surface area contributed by atoms with Gasteiger partial charge in [-0.25, -0.2) is 4.79 Å². The lowest BCUT2D eigenvalue weighted by molar-refractivity contribution is -0.148. The van der Waals surface area contributed by atoms with E-state index in [1.807, 2.05) is 25.1 Å². The number of rotatable bonds is 26. The molecule has 8 atom stereocenters. The Balaban J connectivity index is 0.919. The third-order valence-corrected chi connectivity index (χ3v) is 24.9. The molecular formula is C77H95N11O20S5. The second-order valence-corrected chi connectivity index (χ2v) is 34.1. The number of nitrogens with one attached hydrogen (secondary N) is 6. The van der Waals surface area contributed by atoms with E-state index in [-0.39, 0.29) is 121 Å². The van der Waals surface area contributed by atoms with E-state index >= 15 is 0 Å². The SMILES string of the molecule is CCCCCC(=O)N[C@H]1CSCc2cc(CSCCCC(=O)CCCN(C)C(=O)c3ccccc3-c3c4ccc(=N)c(S(=O)(=O)O)c-4oc4c(S(=O)(=O)O)c(N)ccc34)cc(c2)CSC[C@@H](C(=O)O)NC(=O)[C@H](Cc2ccccc2)NC(=O)[C@H](CCC(N)=O)NC(=O)[C@H]([C@@H](C)O)NC(=O)[C@@H]2CCCN2C(=O)[C@@H]2CCCN2C1=O. The number of carboxylic acid groups (broad SMARTS) is 1. The summed E-state index contributed by atoms with van der Waals surface area (Å²) in [6, 6.07) is 15.8. The second-order valence-electron chi connectivity index (χ2n) is 28.3. The molecule has 0 aromatic heterocycles. The van der Waals surface area contributed by atoms with Gasteiger partial charge in [-0.05, 0) is 122 Å². The Labute approximate surface area is 666 Å². The first-order valence-electron chi connectivity index (χ1n) is 37.1. The molecule has 14 N–H and O–H groups in total. The highest BCUT2D eigenvalue weighted by Gasteiger charge is 2.45. The van der Waals surface area contributed by atoms with Crippen molar-refractivity contribution >= 4 is 137 Å². The number of nitrogens with zero attached hydrogens (tertiary/aromatic N) is 3. The quantitative estimate of drug-likeness (QED) is 0.0141. The van der Waals surface area contributed by atoms with E-state index in [1.54, 1.807) is 54.2 Å². The van der Waals surface area contributed by atoms with Crippen LogP contribution in [0.4, 0.5) is 5.69 Å². The number of anilines is 1. The minimum absolute atomic E-state index is 0.0306. The summed E-state index contributed by atoms with van der Waals surface area (Å²) < 4.78 is 77.6. The number of thioether (sulfide) groups is 3. The largest absolute Gasteiger partial charge is 0.480 e. The molecule has 4 heterocycles. The predicted molar refractivity (Wildman–Crippen MR) is 425 cm³/mol. The molecule has 608 valence electrons. The van der Waals surface area contributed by atoms with Crippen LogP contribution in [-0.4, -0.2) is 208 Å². The van der Waals surface area contributed by atoms with Gasteiger partial charge < -0.3 is 67.4 Å². The van der Waals surface area contributed by atoms with Crippen LogP contribution in [0.3, 0.4) is 0 Å². The van der Waals surface area contributed by atoms with E-state index in [0.29, 0.717) is 48.5 Å². The van der Waals surface area contributed by atoms with Crippen LogP contribution >= 0.6 is 35.3 Å². The number of aliphatic hydroxyl groups is 1. The van der Waals surface area contributed by atoms with E-state index in [9.17, 15) is 88.9 Å². The standard InChI is InChI=1S/C77H95N11O20S5/c1-4-5-7-24-63(92)81-58-42-110-40-47-35-46(39-109-34-15-19-49(90)18-12-31-86(3)74(97)51-21-11-10-20-50(51)64-52-25-27-54(78)68(112(102,103)104)66(52)108-67-53(64)26-28-55(79)69(67)113(105,106)107)36-48(37-47)41-111-43-59(77(100)101)84-71(94)57(38-45-16-8-6-9-17-45)83-70(93)56(29-30-62(80)91)82-73(96)65(44(2)89)85-72(95)60-22-13-32-87(60)76(99)61-23-14-33-88(61)75(58)98/h6,8-11,16-17,20-21,25-28,35-37,44,56-61,65,78,89H,4-5,7,12-15,18-19,22-24,29-34,38-43,79H2,1-3H3,(H2,80,91)(H,81,92)(H,82,96)(H,83,93)(H,84,94)(H,85,95)(H,100,101)(H,102,103,104)(H,105,106,107)/t44-,56+,57+,58+,59+,60+,61+,65+/m1/s1. The average molecular weight is 1650 g/mol. The monoisotopic (exact) mass is 1650 g/mol. The molecule has 36 heteroatoms. The lowest BCUT2D eigenvalue weighted by Crippen LogP contribution is -2.61. The summed E-state index contributed by atoms with van der Waals surface area (Å²) in [6.07, 6.45) is 1.98. The number of hydrogen-bond acceptors (Lipinski definition) is 22. The molecule has 31 nitrogen and oxygen atoms in total. The van der Waals surface area contributed by atoms with Gasteiger partial charge in [0.1, 0.15) is 48.1 Å². The number of aliphatic hydroxyl groups excluding tert-OH is 1. The van der Waals surface area contributed by atoms with E-state index in [4.69, 9.17) is 21.3 Å². The van der Waals surface area contributed by atoms with Crippen molar-refractivity contribution in [3.8, 4) is 22.5 Å². The maximum atomic E-state index is 14.9. The number of benzene rings is 5. The molecule has 2 bridgehead atoms. The number of carbonyl (C=O) groups excluding carboxylic acids is 10. The zero-order valence-electron chi connectivity index (χ0n) is 62.7. The number of primary amides is 1. The normalized spacial score (nSPS) is 20.4. The molecule has 2 fully saturated rings. The number of carboxylic acids is 1. The van der Waals surface area contributed by atoms with Crippen LogP contribution in [-0.2, 0) is 91.9 Å². The summed E-state index contributed by atoms with van der Waals surface area (Å²) in [5.74, 6) is -7.18. The van der Waals surface area contributed by atoms with E-state index in [0.717, 1.165) is 35.6 Å². The number of ketones is 1. The molecule has 9 amide bonds. The van der Waals surface area contributed by atoms with Gasteiger partial charge in [0.15, 0.2) is 21.1 Å². The summed E-state index contributed by atoms with van der Waals surface area (Å²) in [4.78, 5) is 156. The van der Waals surface area contributed by atoms with Gasteiger partial charge in [-0.3, -0.25) is 62.5 Å². The second kappa shape index (κ2) is 40.0.